The third-order valence-corrected chi connectivity index (χ3v) is 4.84. The molecule has 5 nitrogen and oxygen atoms in total. The summed E-state index contributed by atoms with van der Waals surface area (Å²) < 4.78 is 52.3. The molecule has 2 aromatic rings. The van der Waals surface area contributed by atoms with Crippen LogP contribution in [0.1, 0.15) is 25.0 Å². The minimum atomic E-state index is -4.97. The van der Waals surface area contributed by atoms with Crippen LogP contribution in [-0.4, -0.2) is 51.1 Å². The van der Waals surface area contributed by atoms with Crippen molar-refractivity contribution in [1.82, 2.24) is 14.7 Å². The van der Waals surface area contributed by atoms with Crippen LogP contribution in [0.5, 0.6) is 0 Å². The number of carbonyl (C=O) groups excluding carboxylic acids is 1. The van der Waals surface area contributed by atoms with Gasteiger partial charge >= 0.3 is 6.18 Å². The second-order valence-corrected chi connectivity index (χ2v) is 6.76. The molecule has 0 bridgehead atoms. The van der Waals surface area contributed by atoms with Crippen LogP contribution in [0.15, 0.2) is 36.5 Å². The van der Waals surface area contributed by atoms with Gasteiger partial charge in [-0.25, -0.2) is 9.07 Å². The van der Waals surface area contributed by atoms with Crippen molar-refractivity contribution in [3.05, 3.63) is 48.0 Å². The first kappa shape index (κ1) is 19.3. The zero-order chi connectivity index (χ0) is 19.8. The molecule has 2 heterocycles. The number of rotatable bonds is 3. The van der Waals surface area contributed by atoms with Crippen LogP contribution >= 0.6 is 0 Å². The van der Waals surface area contributed by atoms with E-state index in [9.17, 15) is 22.4 Å². The van der Waals surface area contributed by atoms with Gasteiger partial charge in [-0.3, -0.25) is 4.79 Å². The molecule has 9 heteroatoms. The zero-order valence-corrected chi connectivity index (χ0v) is 14.5. The standard InChI is InChI=1S/C18H19F4N3O2/c1-11-10-24(17(27)16(26)18(20,21)22)8-6-14(11)15-7-9-25(23-15)13-4-2-12(19)3-5-13/h2-5,7,9,11,14,16,26H,6,8,10H2,1H3. The Kier molecular flexibility index (Phi) is 5.23. The molecule has 1 aromatic carbocycles. The molecule has 1 amide bonds. The topological polar surface area (TPSA) is 58.4 Å². The van der Waals surface area contributed by atoms with Crippen molar-refractivity contribution in [2.24, 2.45) is 5.92 Å². The maximum Gasteiger partial charge on any atom is 0.423 e. The van der Waals surface area contributed by atoms with Crippen molar-refractivity contribution in [2.45, 2.75) is 31.5 Å². The monoisotopic (exact) mass is 385 g/mol. The van der Waals surface area contributed by atoms with E-state index in [0.29, 0.717) is 12.1 Å². The highest BCUT2D eigenvalue weighted by Gasteiger charge is 2.46. The molecule has 3 atom stereocenters. The molecular weight excluding hydrogens is 366 g/mol. The normalized spacial score (nSPS) is 21.9. The van der Waals surface area contributed by atoms with Gasteiger partial charge in [-0.2, -0.15) is 18.3 Å². The summed E-state index contributed by atoms with van der Waals surface area (Å²) in [5.41, 5.74) is 1.45. The number of hydrogen-bond donors (Lipinski definition) is 1. The lowest BCUT2D eigenvalue weighted by Gasteiger charge is -2.37. The highest BCUT2D eigenvalue weighted by molar-refractivity contribution is 5.81. The number of aliphatic hydroxyl groups excluding tert-OH is 1. The van der Waals surface area contributed by atoms with Crippen LogP contribution in [0.2, 0.25) is 0 Å². The third kappa shape index (κ3) is 4.13. The minimum Gasteiger partial charge on any atom is -0.376 e. The first-order valence-corrected chi connectivity index (χ1v) is 8.52. The Morgan fingerprint density at radius 3 is 2.52 bits per heavy atom. The van der Waals surface area contributed by atoms with E-state index < -0.39 is 18.2 Å². The SMILES string of the molecule is CC1CN(C(=O)C(O)C(F)(F)F)CCC1c1ccn(-c2ccc(F)cc2)n1. The van der Waals surface area contributed by atoms with E-state index in [1.807, 2.05) is 13.0 Å². The Morgan fingerprint density at radius 1 is 1.26 bits per heavy atom. The van der Waals surface area contributed by atoms with Gasteiger partial charge in [0.1, 0.15) is 5.82 Å². The summed E-state index contributed by atoms with van der Waals surface area (Å²) in [6, 6.07) is 7.65. The summed E-state index contributed by atoms with van der Waals surface area (Å²) in [6.45, 7) is 2.06. The van der Waals surface area contributed by atoms with Crippen LogP contribution in [0.3, 0.4) is 0 Å². The number of halogens is 4. The Labute approximate surface area is 153 Å². The number of carbonyl (C=O) groups is 1. The van der Waals surface area contributed by atoms with Crippen LogP contribution in [0, 0.1) is 11.7 Å². The molecule has 146 valence electrons. The van der Waals surface area contributed by atoms with E-state index in [1.54, 1.807) is 23.0 Å². The second-order valence-electron chi connectivity index (χ2n) is 6.76. The maximum atomic E-state index is 13.0. The molecule has 1 saturated heterocycles. The zero-order valence-electron chi connectivity index (χ0n) is 14.5. The number of aliphatic hydroxyl groups is 1. The summed E-state index contributed by atoms with van der Waals surface area (Å²) >= 11 is 0. The van der Waals surface area contributed by atoms with Gasteiger partial charge in [0.05, 0.1) is 11.4 Å². The van der Waals surface area contributed by atoms with Crippen LogP contribution in [-0.2, 0) is 4.79 Å². The van der Waals surface area contributed by atoms with Gasteiger partial charge in [-0.1, -0.05) is 6.92 Å². The maximum absolute atomic E-state index is 13.0. The molecule has 1 aliphatic rings. The van der Waals surface area contributed by atoms with E-state index in [4.69, 9.17) is 5.11 Å². The van der Waals surface area contributed by atoms with Crippen molar-refractivity contribution in [3.8, 4) is 5.69 Å². The Morgan fingerprint density at radius 2 is 1.93 bits per heavy atom. The number of amides is 1. The Bertz CT molecular complexity index is 804. The Hall–Kier alpha value is -2.42. The molecule has 1 aliphatic heterocycles. The first-order valence-electron chi connectivity index (χ1n) is 8.52. The molecule has 27 heavy (non-hydrogen) atoms. The molecule has 0 aliphatic carbocycles. The highest BCUT2D eigenvalue weighted by atomic mass is 19.4. The number of piperidine rings is 1. The first-order chi connectivity index (χ1) is 12.7. The van der Waals surface area contributed by atoms with Gasteiger partial charge in [0.2, 0.25) is 6.10 Å². The van der Waals surface area contributed by atoms with E-state index >= 15 is 0 Å². The highest BCUT2D eigenvalue weighted by Crippen LogP contribution is 2.33. The van der Waals surface area contributed by atoms with E-state index in [-0.39, 0.29) is 30.7 Å². The summed E-state index contributed by atoms with van der Waals surface area (Å²) in [6.07, 6.45) is -5.78. The molecule has 1 fully saturated rings. The van der Waals surface area contributed by atoms with Crippen LogP contribution in [0.25, 0.3) is 5.69 Å². The average Bonchev–Trinajstić information content (AvgIpc) is 3.10. The quantitative estimate of drug-likeness (QED) is 0.827. The van der Waals surface area contributed by atoms with Gasteiger partial charge in [0, 0.05) is 25.2 Å². The number of hydrogen-bond acceptors (Lipinski definition) is 3. The number of aromatic nitrogens is 2. The molecule has 3 unspecified atom stereocenters. The number of likely N-dealkylation sites (tertiary alicyclic amines) is 1. The van der Waals surface area contributed by atoms with E-state index in [0.717, 1.165) is 10.6 Å². The Balaban J connectivity index is 1.69. The minimum absolute atomic E-state index is 0.0289. The second kappa shape index (κ2) is 7.30. The van der Waals surface area contributed by atoms with Crippen molar-refractivity contribution >= 4 is 5.91 Å². The van der Waals surface area contributed by atoms with E-state index in [1.165, 1.54) is 12.1 Å². The third-order valence-electron chi connectivity index (χ3n) is 4.84. The van der Waals surface area contributed by atoms with Crippen LogP contribution < -0.4 is 0 Å². The average molecular weight is 385 g/mol. The fraction of sp³-hybridized carbons (Fsp3) is 0.444. The molecule has 1 N–H and O–H groups in total. The van der Waals surface area contributed by atoms with Crippen molar-refractivity contribution < 1.29 is 27.5 Å². The smallest absolute Gasteiger partial charge is 0.376 e. The van der Waals surface area contributed by atoms with Gasteiger partial charge in [-0.15, -0.1) is 0 Å². The van der Waals surface area contributed by atoms with Crippen molar-refractivity contribution in [3.63, 3.8) is 0 Å². The summed E-state index contributed by atoms with van der Waals surface area (Å²) in [5, 5.41) is 13.7. The lowest BCUT2D eigenvalue weighted by molar-refractivity contribution is -0.211. The number of alkyl halides is 3. The van der Waals surface area contributed by atoms with Gasteiger partial charge in [0.25, 0.3) is 5.91 Å². The predicted molar refractivity (Wildman–Crippen MR) is 88.7 cm³/mol. The number of benzene rings is 1. The summed E-state index contributed by atoms with van der Waals surface area (Å²) in [4.78, 5) is 12.9. The van der Waals surface area contributed by atoms with Crippen molar-refractivity contribution in [1.29, 1.82) is 0 Å². The van der Waals surface area contributed by atoms with E-state index in [2.05, 4.69) is 5.10 Å². The largest absolute Gasteiger partial charge is 0.423 e. The molecule has 0 radical (unpaired) electrons. The lowest BCUT2D eigenvalue weighted by Crippen LogP contribution is -2.50. The summed E-state index contributed by atoms with van der Waals surface area (Å²) in [5.74, 6) is -1.82. The van der Waals surface area contributed by atoms with Gasteiger partial charge < -0.3 is 10.0 Å². The van der Waals surface area contributed by atoms with Gasteiger partial charge in [0.15, 0.2) is 0 Å². The summed E-state index contributed by atoms with van der Waals surface area (Å²) in [7, 11) is 0. The van der Waals surface area contributed by atoms with Crippen LogP contribution in [0.4, 0.5) is 17.6 Å². The molecular formula is C18H19F4N3O2. The predicted octanol–water partition coefficient (Wildman–Crippen LogP) is 2.89. The number of nitrogens with zero attached hydrogens (tertiary/aromatic N) is 3. The molecule has 0 saturated carbocycles. The lowest BCUT2D eigenvalue weighted by atomic mass is 9.84. The fourth-order valence-corrected chi connectivity index (χ4v) is 3.37. The van der Waals surface area contributed by atoms with Crippen molar-refractivity contribution in [2.75, 3.05) is 13.1 Å². The van der Waals surface area contributed by atoms with Gasteiger partial charge in [-0.05, 0) is 42.7 Å². The molecule has 3 rings (SSSR count). The molecule has 0 spiro atoms. The molecule has 1 aromatic heterocycles. The fourth-order valence-electron chi connectivity index (χ4n) is 3.37.